The van der Waals surface area contributed by atoms with E-state index in [9.17, 15) is 4.79 Å². The van der Waals surface area contributed by atoms with Gasteiger partial charge in [0.25, 0.3) is 5.91 Å². The first-order chi connectivity index (χ1) is 20.6. The predicted molar refractivity (Wildman–Crippen MR) is 163 cm³/mol. The Hall–Kier alpha value is -3.55. The summed E-state index contributed by atoms with van der Waals surface area (Å²) in [6, 6.07) is 47.5. The van der Waals surface area contributed by atoms with Crippen LogP contribution >= 0.6 is 30.5 Å². The van der Waals surface area contributed by atoms with Gasteiger partial charge in [0.15, 0.2) is 12.7 Å². The van der Waals surface area contributed by atoms with Crippen molar-refractivity contribution in [1.29, 1.82) is 0 Å². The van der Waals surface area contributed by atoms with Crippen LogP contribution in [0.25, 0.3) is 5.03 Å². The van der Waals surface area contributed by atoms with E-state index in [0.717, 1.165) is 21.5 Å². The number of carbonyl (C=O) groups excluding carboxylic acids is 1. The summed E-state index contributed by atoms with van der Waals surface area (Å²) >= 11 is 13.6. The molecule has 0 fully saturated rings. The molecule has 6 nitrogen and oxygen atoms in total. The largest absolute Gasteiger partial charge is 0.291 e. The van der Waals surface area contributed by atoms with Crippen molar-refractivity contribution in [3.63, 3.8) is 0 Å². The first kappa shape index (κ1) is 32.4. The van der Waals surface area contributed by atoms with E-state index in [4.69, 9.17) is 41.8 Å². The average Bonchev–Trinajstić information content (AvgIpc) is 3.02. The maximum atomic E-state index is 13.8. The predicted octanol–water partition coefficient (Wildman–Crippen LogP) is 2.87. The van der Waals surface area contributed by atoms with Crippen molar-refractivity contribution in [3.8, 4) is 0 Å². The average molecular weight is 653 g/mol. The summed E-state index contributed by atoms with van der Waals surface area (Å²) in [5.41, 5.74) is 1.99. The van der Waals surface area contributed by atoms with Crippen LogP contribution in [0.15, 0.2) is 151 Å². The molecule has 1 amide bonds. The van der Waals surface area contributed by atoms with Gasteiger partial charge in [0.1, 0.15) is 20.9 Å². The van der Waals surface area contributed by atoms with E-state index in [2.05, 4.69) is 41.7 Å². The van der Waals surface area contributed by atoms with Gasteiger partial charge >= 0.3 is 0 Å². The first-order valence-electron chi connectivity index (χ1n) is 12.8. The molecule has 0 aliphatic heterocycles. The van der Waals surface area contributed by atoms with Gasteiger partial charge < -0.3 is 0 Å². The molecule has 0 spiro atoms. The standard InChI is InChI=1S/C33H24Cl2NOP.ClHO4/c34-27-23-21-25(22-24-27)31(35)33(36-32(37)26-13-5-1-6-14-26)38(28-15-7-2-8-16-28,29-17-9-3-10-18-29)30-19-11-4-12-20-30;2-1(3,4)5/h1-24H;(H,2,3,4,5)/b33-31+;. The van der Waals surface area contributed by atoms with E-state index in [0.29, 0.717) is 21.1 Å². The highest BCUT2D eigenvalue weighted by Gasteiger charge is 2.52. The molecule has 0 aromatic heterocycles. The van der Waals surface area contributed by atoms with Crippen LogP contribution in [0.3, 0.4) is 0 Å². The Balaban J connectivity index is 0.000000782. The number of rotatable bonds is 7. The molecule has 0 saturated heterocycles. The zero-order chi connectivity index (χ0) is 30.9. The number of benzene rings is 5. The lowest BCUT2D eigenvalue weighted by Gasteiger charge is -2.30. The third-order valence-corrected chi connectivity index (χ3v) is 11.4. The van der Waals surface area contributed by atoms with Crippen LogP contribution in [0.2, 0.25) is 5.02 Å². The lowest BCUT2D eigenvalue weighted by Crippen LogP contribution is -2.68. The summed E-state index contributed by atoms with van der Waals surface area (Å²) in [5, 5.41) is 7.62. The summed E-state index contributed by atoms with van der Waals surface area (Å²) in [6.07, 6.45) is 0. The molecule has 0 heterocycles. The fraction of sp³-hybridized carbons (Fsp3) is 0. The molecule has 43 heavy (non-hydrogen) atoms. The molecular weight excluding hydrogens is 628 g/mol. The number of halogens is 3. The minimum absolute atomic E-state index is 0.222. The molecule has 10 heteroatoms. The molecule has 5 aromatic rings. The second kappa shape index (κ2) is 14.8. The number of carbonyl (C=O) groups is 1. The lowest BCUT2D eigenvalue weighted by molar-refractivity contribution is -2.00. The van der Waals surface area contributed by atoms with Crippen LogP contribution in [0.5, 0.6) is 0 Å². The van der Waals surface area contributed by atoms with Gasteiger partial charge in [0.2, 0.25) is 0 Å². The van der Waals surface area contributed by atoms with Gasteiger partial charge in [0, 0.05) is 10.6 Å². The molecule has 5 aromatic carbocycles. The molecule has 0 saturated carbocycles. The molecule has 218 valence electrons. The van der Waals surface area contributed by atoms with E-state index >= 15 is 0 Å². The zero-order valence-electron chi connectivity index (χ0n) is 22.5. The van der Waals surface area contributed by atoms with Crippen LogP contribution in [0.1, 0.15) is 15.9 Å². The topological polar surface area (TPSA) is 121 Å². The van der Waals surface area contributed by atoms with E-state index in [-0.39, 0.29) is 5.91 Å². The summed E-state index contributed by atoms with van der Waals surface area (Å²) in [7, 11) is -7.63. The van der Waals surface area contributed by atoms with E-state index in [1.807, 2.05) is 97.1 Å². The summed E-state index contributed by atoms with van der Waals surface area (Å²) in [4.78, 5) is 13.8. The van der Waals surface area contributed by atoms with Crippen molar-refractivity contribution >= 4 is 57.3 Å². The van der Waals surface area contributed by atoms with Crippen LogP contribution in [0, 0.1) is 10.2 Å². The van der Waals surface area contributed by atoms with E-state index in [1.165, 1.54) is 0 Å². The molecule has 0 atom stereocenters. The van der Waals surface area contributed by atoms with Gasteiger partial charge in [-0.25, -0.2) is 18.6 Å². The highest BCUT2D eigenvalue weighted by atomic mass is 35.7. The Labute approximate surface area is 262 Å². The smallest absolute Gasteiger partial charge is 0.258 e. The SMILES string of the molecule is O=C(N/C(=C(\Cl)c1ccc(Cl)cc1)[P+](c1ccccc1)(c1ccccc1)c1ccccc1)c1ccccc1.[O-][Cl+3]([O-])([O-])[O-]. The molecule has 5 rings (SSSR count). The third kappa shape index (κ3) is 8.30. The van der Waals surface area contributed by atoms with E-state index in [1.54, 1.807) is 12.1 Å². The quantitative estimate of drug-likeness (QED) is 0.271. The Kier molecular flexibility index (Phi) is 11.1. The van der Waals surface area contributed by atoms with Crippen molar-refractivity contribution < 1.29 is 33.7 Å². The Morgan fingerprint density at radius 2 is 0.907 bits per heavy atom. The van der Waals surface area contributed by atoms with Crippen LogP contribution in [-0.4, -0.2) is 5.91 Å². The second-order valence-corrected chi connectivity index (χ2v) is 14.0. The fourth-order valence-corrected chi connectivity index (χ4v) is 9.48. The maximum Gasteiger partial charge on any atom is 0.258 e. The second-order valence-electron chi connectivity index (χ2n) is 9.05. The molecule has 0 unspecified atom stereocenters. The summed E-state index contributed by atoms with van der Waals surface area (Å²) in [5.74, 6) is -0.222. The summed E-state index contributed by atoms with van der Waals surface area (Å²) < 4.78 is 34.0. The Bertz CT molecular complexity index is 1550. The number of nitrogens with one attached hydrogen (secondary N) is 1. The normalized spacial score (nSPS) is 12.0. The van der Waals surface area contributed by atoms with Crippen molar-refractivity contribution in [2.45, 2.75) is 0 Å². The Morgan fingerprint density at radius 3 is 1.28 bits per heavy atom. The van der Waals surface area contributed by atoms with Crippen LogP contribution in [0.4, 0.5) is 0 Å². The minimum atomic E-state index is -4.94. The highest BCUT2D eigenvalue weighted by molar-refractivity contribution is 7.99. The molecule has 0 aliphatic rings. The third-order valence-electron chi connectivity index (χ3n) is 6.34. The molecule has 0 bridgehead atoms. The van der Waals surface area contributed by atoms with Gasteiger partial charge in [0.05, 0.1) is 0 Å². The molecule has 0 aliphatic carbocycles. The van der Waals surface area contributed by atoms with Crippen molar-refractivity contribution in [2.75, 3.05) is 0 Å². The molecule has 1 N–H and O–H groups in total. The number of amides is 1. The molecular formula is C33H25Cl3NO5P. The van der Waals surface area contributed by atoms with Gasteiger partial charge in [-0.1, -0.05) is 108 Å². The van der Waals surface area contributed by atoms with Crippen molar-refractivity contribution in [2.24, 2.45) is 0 Å². The minimum Gasteiger partial charge on any atom is -0.291 e. The van der Waals surface area contributed by atoms with Crippen molar-refractivity contribution in [1.82, 2.24) is 5.32 Å². The zero-order valence-corrected chi connectivity index (χ0v) is 25.6. The Morgan fingerprint density at radius 1 is 0.558 bits per heavy atom. The van der Waals surface area contributed by atoms with Gasteiger partial charge in [-0.2, -0.15) is 0 Å². The monoisotopic (exact) mass is 651 g/mol. The van der Waals surface area contributed by atoms with E-state index < -0.39 is 17.5 Å². The van der Waals surface area contributed by atoms with Crippen molar-refractivity contribution in [3.05, 3.63) is 167 Å². The number of hydrogen-bond acceptors (Lipinski definition) is 5. The summed E-state index contributed by atoms with van der Waals surface area (Å²) in [6.45, 7) is 0. The lowest BCUT2D eigenvalue weighted by atomic mass is 10.2. The fourth-order valence-electron chi connectivity index (χ4n) is 4.58. The maximum absolute atomic E-state index is 13.8. The van der Waals surface area contributed by atoms with Gasteiger partial charge in [-0.3, -0.25) is 10.1 Å². The van der Waals surface area contributed by atoms with Crippen LogP contribution < -0.4 is 39.9 Å². The first-order valence-corrected chi connectivity index (χ1v) is 16.6. The number of hydrogen-bond donors (Lipinski definition) is 1. The van der Waals surface area contributed by atoms with Crippen LogP contribution in [-0.2, 0) is 0 Å². The molecule has 0 radical (unpaired) electrons. The highest BCUT2D eigenvalue weighted by Crippen LogP contribution is 2.63. The van der Waals surface area contributed by atoms with Gasteiger partial charge in [-0.15, -0.1) is 10.2 Å². The van der Waals surface area contributed by atoms with Gasteiger partial charge in [-0.05, 0) is 66.2 Å².